The lowest BCUT2D eigenvalue weighted by Gasteiger charge is -2.40. The van der Waals surface area contributed by atoms with E-state index in [9.17, 15) is 9.18 Å². The predicted octanol–water partition coefficient (Wildman–Crippen LogP) is 4.80. The summed E-state index contributed by atoms with van der Waals surface area (Å²) >= 11 is 0. The van der Waals surface area contributed by atoms with Crippen molar-refractivity contribution in [3.05, 3.63) is 47.4 Å². The maximum Gasteiger partial charge on any atom is 0.356 e. The van der Waals surface area contributed by atoms with Crippen LogP contribution in [0.1, 0.15) is 42.7 Å². The molecule has 2 aromatic rings. The average Bonchev–Trinajstić information content (AvgIpc) is 2.88. The van der Waals surface area contributed by atoms with Crippen LogP contribution < -0.4 is 10.2 Å². The molecule has 1 fully saturated rings. The Kier molecular flexibility index (Phi) is 9.93. The number of rotatable bonds is 11. The number of alkyl halides is 1. The summed E-state index contributed by atoms with van der Waals surface area (Å²) in [5, 5.41) is 3.21. The van der Waals surface area contributed by atoms with Gasteiger partial charge in [-0.3, -0.25) is 4.99 Å². The van der Waals surface area contributed by atoms with Gasteiger partial charge in [0.05, 0.1) is 50.4 Å². The molecule has 0 amide bonds. The summed E-state index contributed by atoms with van der Waals surface area (Å²) in [5.41, 5.74) is 1.06. The highest BCUT2D eigenvalue weighted by Crippen LogP contribution is 2.36. The summed E-state index contributed by atoms with van der Waals surface area (Å²) in [4.78, 5) is 23.6. The molecule has 2 heterocycles. The van der Waals surface area contributed by atoms with Crippen molar-refractivity contribution in [1.82, 2.24) is 4.98 Å². The van der Waals surface area contributed by atoms with Crippen molar-refractivity contribution in [1.29, 1.82) is 0 Å². The Bertz CT molecular complexity index is 1090. The number of piperidine rings is 1. The van der Waals surface area contributed by atoms with E-state index in [-0.39, 0.29) is 30.6 Å². The lowest BCUT2D eigenvalue weighted by molar-refractivity contribution is -0.0110. The molecular formula is C27H36F2N4O4. The number of ether oxygens (including phenoxy) is 3. The standard InChI is InChI=1S/C27H36F2N4O4/c1-18(2)24(30-3)23-22(33-12-6-11-27(29,16-33)17-37-14-13-35-4)15-21(26(34)36-5)32-25(23)31-20-9-7-19(28)8-10-20/h7-10,15,18H,6,11-14,16-17H2,1-5H3,(H,31,32). The zero-order valence-electron chi connectivity index (χ0n) is 22.1. The van der Waals surface area contributed by atoms with Crippen LogP contribution in [0.25, 0.3) is 0 Å². The maximum absolute atomic E-state index is 15.9. The molecule has 1 aliphatic heterocycles. The van der Waals surface area contributed by atoms with Gasteiger partial charge in [0.15, 0.2) is 11.4 Å². The van der Waals surface area contributed by atoms with Crippen LogP contribution in [0, 0.1) is 11.7 Å². The minimum absolute atomic E-state index is 0.000552. The van der Waals surface area contributed by atoms with Crippen LogP contribution in [0.4, 0.5) is 26.0 Å². The molecule has 1 atom stereocenters. The molecule has 1 aromatic carbocycles. The minimum Gasteiger partial charge on any atom is -0.464 e. The molecule has 8 nitrogen and oxygen atoms in total. The number of aromatic nitrogens is 1. The second-order valence-electron chi connectivity index (χ2n) is 9.36. The summed E-state index contributed by atoms with van der Waals surface area (Å²) in [7, 11) is 4.54. The zero-order valence-corrected chi connectivity index (χ0v) is 22.1. The van der Waals surface area contributed by atoms with E-state index in [0.717, 1.165) is 5.71 Å². The smallest absolute Gasteiger partial charge is 0.356 e. The van der Waals surface area contributed by atoms with Crippen molar-refractivity contribution in [2.75, 3.05) is 64.4 Å². The maximum atomic E-state index is 15.9. The molecule has 1 N–H and O–H groups in total. The molecular weight excluding hydrogens is 482 g/mol. The average molecular weight is 519 g/mol. The van der Waals surface area contributed by atoms with E-state index in [1.807, 2.05) is 18.7 Å². The van der Waals surface area contributed by atoms with Gasteiger partial charge in [-0.25, -0.2) is 18.6 Å². The molecule has 0 bridgehead atoms. The second kappa shape index (κ2) is 12.9. The molecule has 1 aromatic heterocycles. The second-order valence-corrected chi connectivity index (χ2v) is 9.36. The van der Waals surface area contributed by atoms with Gasteiger partial charge in [-0.2, -0.15) is 0 Å². The molecule has 10 heteroatoms. The number of nitrogens with zero attached hydrogens (tertiary/aromatic N) is 3. The number of carbonyl (C=O) groups excluding carboxylic acids is 1. The van der Waals surface area contributed by atoms with E-state index in [2.05, 4.69) is 15.3 Å². The summed E-state index contributed by atoms with van der Waals surface area (Å²) in [6, 6.07) is 7.44. The van der Waals surface area contributed by atoms with Crippen molar-refractivity contribution in [2.24, 2.45) is 10.9 Å². The summed E-state index contributed by atoms with van der Waals surface area (Å²) in [6.45, 7) is 5.29. The third-order valence-electron chi connectivity index (χ3n) is 6.20. The first-order valence-electron chi connectivity index (χ1n) is 12.3. The van der Waals surface area contributed by atoms with E-state index in [0.29, 0.717) is 55.4 Å². The van der Waals surface area contributed by atoms with Crippen LogP contribution in [0.5, 0.6) is 0 Å². The number of carbonyl (C=O) groups is 1. The van der Waals surface area contributed by atoms with Crippen molar-refractivity contribution in [3.8, 4) is 0 Å². The van der Waals surface area contributed by atoms with Gasteiger partial charge in [0.25, 0.3) is 0 Å². The van der Waals surface area contributed by atoms with Crippen molar-refractivity contribution >= 4 is 28.9 Å². The molecule has 1 unspecified atom stereocenters. The summed E-state index contributed by atoms with van der Waals surface area (Å²) < 4.78 is 45.0. The van der Waals surface area contributed by atoms with Crippen LogP contribution in [-0.4, -0.2) is 76.5 Å². The lowest BCUT2D eigenvalue weighted by atomic mass is 9.92. The molecule has 0 saturated carbocycles. The van der Waals surface area contributed by atoms with Crippen LogP contribution in [0.3, 0.4) is 0 Å². The van der Waals surface area contributed by atoms with Gasteiger partial charge in [0, 0.05) is 26.4 Å². The first-order valence-corrected chi connectivity index (χ1v) is 12.3. The highest BCUT2D eigenvalue weighted by atomic mass is 19.1. The molecule has 37 heavy (non-hydrogen) atoms. The topological polar surface area (TPSA) is 85.3 Å². The number of methoxy groups -OCH3 is 2. The number of anilines is 3. The third-order valence-corrected chi connectivity index (χ3v) is 6.20. The van der Waals surface area contributed by atoms with Gasteiger partial charge in [-0.15, -0.1) is 0 Å². The zero-order chi connectivity index (χ0) is 27.0. The number of nitrogens with one attached hydrogen (secondary N) is 1. The predicted molar refractivity (Wildman–Crippen MR) is 141 cm³/mol. The molecule has 0 radical (unpaired) electrons. The first-order chi connectivity index (χ1) is 17.7. The van der Waals surface area contributed by atoms with E-state index >= 15 is 4.39 Å². The Morgan fingerprint density at radius 1 is 1.24 bits per heavy atom. The van der Waals surface area contributed by atoms with Gasteiger partial charge in [0.1, 0.15) is 11.6 Å². The van der Waals surface area contributed by atoms with Gasteiger partial charge in [-0.1, -0.05) is 13.8 Å². The van der Waals surface area contributed by atoms with Gasteiger partial charge in [-0.05, 0) is 49.1 Å². The van der Waals surface area contributed by atoms with E-state index in [1.165, 1.54) is 19.2 Å². The third kappa shape index (κ3) is 7.23. The highest BCUT2D eigenvalue weighted by Gasteiger charge is 2.38. The Labute approximate surface area is 217 Å². The Morgan fingerprint density at radius 3 is 2.59 bits per heavy atom. The van der Waals surface area contributed by atoms with E-state index < -0.39 is 11.6 Å². The van der Waals surface area contributed by atoms with Gasteiger partial charge < -0.3 is 24.4 Å². The fourth-order valence-corrected chi connectivity index (χ4v) is 4.47. The molecule has 202 valence electrons. The van der Waals surface area contributed by atoms with Gasteiger partial charge in [0.2, 0.25) is 0 Å². The molecule has 3 rings (SSSR count). The van der Waals surface area contributed by atoms with Crippen molar-refractivity contribution in [2.45, 2.75) is 32.4 Å². The molecule has 1 aliphatic rings. The number of hydrogen-bond donors (Lipinski definition) is 1. The number of halogens is 2. The van der Waals surface area contributed by atoms with Crippen LogP contribution >= 0.6 is 0 Å². The molecule has 1 saturated heterocycles. The monoisotopic (exact) mass is 518 g/mol. The highest BCUT2D eigenvalue weighted by molar-refractivity contribution is 6.11. The summed E-state index contributed by atoms with van der Waals surface area (Å²) in [6.07, 6.45) is 0.959. The first kappa shape index (κ1) is 28.5. The fourth-order valence-electron chi connectivity index (χ4n) is 4.47. The number of esters is 1. The largest absolute Gasteiger partial charge is 0.464 e. The van der Waals surface area contributed by atoms with E-state index in [1.54, 1.807) is 32.4 Å². The van der Waals surface area contributed by atoms with Crippen LogP contribution in [0.15, 0.2) is 35.3 Å². The van der Waals surface area contributed by atoms with Crippen LogP contribution in [0.2, 0.25) is 0 Å². The molecule has 0 aliphatic carbocycles. The SMILES string of the molecule is CN=C(c1c(N2CCCC(F)(COCCOC)C2)cc(C(=O)OC)nc1Nc1ccc(F)cc1)C(C)C. The van der Waals surface area contributed by atoms with Crippen LogP contribution in [-0.2, 0) is 14.2 Å². The van der Waals surface area contributed by atoms with E-state index in [4.69, 9.17) is 14.2 Å². The lowest BCUT2D eigenvalue weighted by Crippen LogP contribution is -2.49. The van der Waals surface area contributed by atoms with Gasteiger partial charge >= 0.3 is 5.97 Å². The molecule has 0 spiro atoms. The number of benzene rings is 1. The Hall–Kier alpha value is -3.11. The minimum atomic E-state index is -1.58. The fraction of sp³-hybridized carbons (Fsp3) is 0.519. The Balaban J connectivity index is 2.11. The Morgan fingerprint density at radius 2 is 1.97 bits per heavy atom. The van der Waals surface area contributed by atoms with Crippen molar-refractivity contribution in [3.63, 3.8) is 0 Å². The normalized spacial score (nSPS) is 18.3. The number of pyridine rings is 1. The number of aliphatic imine (C=N–C) groups is 1. The number of hydrogen-bond acceptors (Lipinski definition) is 8. The summed E-state index contributed by atoms with van der Waals surface area (Å²) in [5.74, 6) is -0.646. The quantitative estimate of drug-likeness (QED) is 0.260. The van der Waals surface area contributed by atoms with Crippen molar-refractivity contribution < 1.29 is 27.8 Å².